The van der Waals surface area contributed by atoms with Crippen LogP contribution in [0, 0.1) is 5.82 Å². The summed E-state index contributed by atoms with van der Waals surface area (Å²) in [5, 5.41) is 7.06. The molecular weight excluding hydrogens is 518 g/mol. The number of hydrogen-bond acceptors (Lipinski definition) is 4. The number of benzene rings is 1. The highest BCUT2D eigenvalue weighted by molar-refractivity contribution is 14.0. The highest BCUT2D eigenvalue weighted by atomic mass is 127. The summed E-state index contributed by atoms with van der Waals surface area (Å²) in [6.45, 7) is 2.64. The highest BCUT2D eigenvalue weighted by Gasteiger charge is 2.26. The van der Waals surface area contributed by atoms with Crippen LogP contribution in [0.1, 0.15) is 38.3 Å². The minimum absolute atomic E-state index is 0. The second-order valence-corrected chi connectivity index (χ2v) is 9.20. The minimum Gasteiger partial charge on any atom is -0.444 e. The van der Waals surface area contributed by atoms with Crippen molar-refractivity contribution < 1.29 is 13.0 Å². The number of guanidine groups is 1. The molecule has 0 spiro atoms. The standard InChI is InChI=1S/C21H29FN4O2S.HI/c1-3-29(27)19-6-4-5-17(13-19)26-21(23-2)24-12-11-18-14-28-20(25-18)15-7-9-16(22)10-8-15;/h7-10,14,17,19H,3-6,11-13H2,1-2H3,(H2,23,24,26);1H. The molecule has 166 valence electrons. The largest absolute Gasteiger partial charge is 0.444 e. The summed E-state index contributed by atoms with van der Waals surface area (Å²) < 4.78 is 30.7. The van der Waals surface area contributed by atoms with Gasteiger partial charge in [0, 0.05) is 53.4 Å². The van der Waals surface area contributed by atoms with Gasteiger partial charge in [0.25, 0.3) is 0 Å². The van der Waals surface area contributed by atoms with Crippen LogP contribution in [0.3, 0.4) is 0 Å². The molecule has 3 atom stereocenters. The maximum absolute atomic E-state index is 13.0. The molecule has 6 nitrogen and oxygen atoms in total. The van der Waals surface area contributed by atoms with E-state index < -0.39 is 10.8 Å². The van der Waals surface area contributed by atoms with Crippen molar-refractivity contribution in [1.29, 1.82) is 0 Å². The Kier molecular flexibility index (Phi) is 10.2. The summed E-state index contributed by atoms with van der Waals surface area (Å²) in [5.41, 5.74) is 1.57. The van der Waals surface area contributed by atoms with Crippen molar-refractivity contribution in [3.63, 3.8) is 0 Å². The second-order valence-electron chi connectivity index (χ2n) is 7.20. The molecule has 0 bridgehead atoms. The molecule has 2 aromatic rings. The smallest absolute Gasteiger partial charge is 0.226 e. The Hall–Kier alpha value is -1.49. The molecule has 1 saturated carbocycles. The van der Waals surface area contributed by atoms with E-state index in [-0.39, 0.29) is 35.0 Å². The molecule has 0 saturated heterocycles. The first-order valence-corrected chi connectivity index (χ1v) is 11.5. The van der Waals surface area contributed by atoms with Crippen molar-refractivity contribution in [2.24, 2.45) is 4.99 Å². The maximum atomic E-state index is 13.0. The van der Waals surface area contributed by atoms with Crippen LogP contribution in [-0.4, -0.2) is 45.8 Å². The topological polar surface area (TPSA) is 79.5 Å². The molecule has 1 fully saturated rings. The summed E-state index contributed by atoms with van der Waals surface area (Å²) >= 11 is 0. The van der Waals surface area contributed by atoms with Crippen LogP contribution >= 0.6 is 24.0 Å². The molecule has 1 heterocycles. The van der Waals surface area contributed by atoms with Crippen LogP contribution in [0.25, 0.3) is 11.5 Å². The van der Waals surface area contributed by atoms with Gasteiger partial charge in [0.1, 0.15) is 12.1 Å². The number of nitrogens with zero attached hydrogens (tertiary/aromatic N) is 2. The summed E-state index contributed by atoms with van der Waals surface area (Å²) in [4.78, 5) is 8.77. The fraction of sp³-hybridized carbons (Fsp3) is 0.524. The van der Waals surface area contributed by atoms with E-state index in [4.69, 9.17) is 4.42 Å². The normalized spacial score (nSPS) is 20.3. The Balaban J connectivity index is 0.00000320. The Morgan fingerprint density at radius 2 is 2.10 bits per heavy atom. The summed E-state index contributed by atoms with van der Waals surface area (Å²) in [5.74, 6) is 1.68. The van der Waals surface area contributed by atoms with E-state index >= 15 is 0 Å². The fourth-order valence-electron chi connectivity index (χ4n) is 3.59. The van der Waals surface area contributed by atoms with Crippen molar-refractivity contribution in [1.82, 2.24) is 15.6 Å². The van der Waals surface area contributed by atoms with Crippen molar-refractivity contribution in [2.75, 3.05) is 19.3 Å². The highest BCUT2D eigenvalue weighted by Crippen LogP contribution is 2.23. The molecule has 1 aromatic heterocycles. The third-order valence-corrected chi connectivity index (χ3v) is 6.90. The molecule has 0 aliphatic heterocycles. The summed E-state index contributed by atoms with van der Waals surface area (Å²) in [7, 11) is 1.02. The van der Waals surface area contributed by atoms with Crippen LogP contribution in [0.4, 0.5) is 4.39 Å². The third-order valence-electron chi connectivity index (χ3n) is 5.16. The Labute approximate surface area is 197 Å². The molecule has 1 aromatic carbocycles. The van der Waals surface area contributed by atoms with Crippen LogP contribution in [0.15, 0.2) is 39.9 Å². The number of nitrogens with one attached hydrogen (secondary N) is 2. The quantitative estimate of drug-likeness (QED) is 0.312. The van der Waals surface area contributed by atoms with E-state index in [1.165, 1.54) is 12.1 Å². The first kappa shape index (κ1) is 24.8. The van der Waals surface area contributed by atoms with Gasteiger partial charge in [0.2, 0.25) is 5.89 Å². The van der Waals surface area contributed by atoms with Gasteiger partial charge in [-0.1, -0.05) is 13.3 Å². The lowest BCUT2D eigenvalue weighted by atomic mass is 9.95. The van der Waals surface area contributed by atoms with Crippen LogP contribution in [0.5, 0.6) is 0 Å². The average Bonchev–Trinajstić information content (AvgIpc) is 3.22. The van der Waals surface area contributed by atoms with Gasteiger partial charge in [-0.2, -0.15) is 0 Å². The van der Waals surface area contributed by atoms with Crippen molar-refractivity contribution in [2.45, 2.75) is 50.3 Å². The number of oxazole rings is 1. The zero-order valence-electron chi connectivity index (χ0n) is 17.4. The van der Waals surface area contributed by atoms with Gasteiger partial charge in [-0.3, -0.25) is 9.20 Å². The predicted octanol–water partition coefficient (Wildman–Crippen LogP) is 3.89. The average molecular weight is 548 g/mol. The first-order valence-electron chi connectivity index (χ1n) is 10.1. The van der Waals surface area contributed by atoms with Crippen molar-refractivity contribution in [3.05, 3.63) is 42.0 Å². The number of hydrogen-bond donors (Lipinski definition) is 2. The Bertz CT molecular complexity index is 844. The molecule has 30 heavy (non-hydrogen) atoms. The molecule has 3 rings (SSSR count). The van der Waals surface area contributed by atoms with Gasteiger partial charge in [0.05, 0.1) is 5.69 Å². The molecule has 9 heteroatoms. The van der Waals surface area contributed by atoms with Gasteiger partial charge in [0.15, 0.2) is 5.96 Å². The maximum Gasteiger partial charge on any atom is 0.226 e. The lowest BCUT2D eigenvalue weighted by Gasteiger charge is -2.30. The zero-order valence-corrected chi connectivity index (χ0v) is 20.5. The first-order chi connectivity index (χ1) is 14.1. The number of rotatable bonds is 7. The lowest BCUT2D eigenvalue weighted by Crippen LogP contribution is -2.47. The van der Waals surface area contributed by atoms with Gasteiger partial charge < -0.3 is 15.1 Å². The molecule has 0 amide bonds. The van der Waals surface area contributed by atoms with E-state index in [2.05, 4.69) is 20.6 Å². The SMILES string of the molecule is CCS(=O)C1CCCC(NC(=NC)NCCc2coc(-c3ccc(F)cc3)n2)C1.I. The number of aliphatic imine (C=N–C) groups is 1. The predicted molar refractivity (Wildman–Crippen MR) is 130 cm³/mol. The van der Waals surface area contributed by atoms with E-state index in [1.807, 2.05) is 6.92 Å². The molecule has 2 N–H and O–H groups in total. The van der Waals surface area contributed by atoms with Gasteiger partial charge >= 0.3 is 0 Å². The molecular formula is C21H30FIN4O2S. The van der Waals surface area contributed by atoms with Crippen LogP contribution in [0.2, 0.25) is 0 Å². The van der Waals surface area contributed by atoms with Crippen molar-refractivity contribution >= 4 is 40.7 Å². The number of halogens is 2. The minimum atomic E-state index is -0.736. The van der Waals surface area contributed by atoms with Crippen molar-refractivity contribution in [3.8, 4) is 11.5 Å². The zero-order chi connectivity index (χ0) is 20.6. The Morgan fingerprint density at radius 1 is 1.33 bits per heavy atom. The number of aromatic nitrogens is 1. The monoisotopic (exact) mass is 548 g/mol. The molecule has 1 aliphatic carbocycles. The van der Waals surface area contributed by atoms with E-state index in [0.29, 0.717) is 24.9 Å². The van der Waals surface area contributed by atoms with Crippen LogP contribution < -0.4 is 10.6 Å². The van der Waals surface area contributed by atoms with E-state index in [1.54, 1.807) is 25.4 Å². The Morgan fingerprint density at radius 3 is 2.80 bits per heavy atom. The molecule has 3 unspecified atom stereocenters. The van der Waals surface area contributed by atoms with Gasteiger partial charge in [-0.05, 0) is 43.5 Å². The summed E-state index contributed by atoms with van der Waals surface area (Å²) in [6.07, 6.45) is 6.44. The summed E-state index contributed by atoms with van der Waals surface area (Å²) in [6, 6.07) is 6.38. The molecule has 0 radical (unpaired) electrons. The van der Waals surface area contributed by atoms with E-state index in [0.717, 1.165) is 48.7 Å². The van der Waals surface area contributed by atoms with Gasteiger partial charge in [-0.15, -0.1) is 24.0 Å². The lowest BCUT2D eigenvalue weighted by molar-refractivity contribution is 0.413. The molecule has 1 aliphatic rings. The second kappa shape index (κ2) is 12.4. The van der Waals surface area contributed by atoms with Crippen LogP contribution in [-0.2, 0) is 17.2 Å². The van der Waals surface area contributed by atoms with Gasteiger partial charge in [-0.25, -0.2) is 9.37 Å². The fourth-order valence-corrected chi connectivity index (χ4v) is 4.94. The third kappa shape index (κ3) is 7.04. The van der Waals surface area contributed by atoms with E-state index in [9.17, 15) is 8.60 Å².